The molecule has 0 aromatic heterocycles. The van der Waals surface area contributed by atoms with Crippen molar-refractivity contribution in [1.82, 2.24) is 10.2 Å². The second-order valence-corrected chi connectivity index (χ2v) is 8.32. The number of rotatable bonds is 9. The zero-order chi connectivity index (χ0) is 19.8. The van der Waals surface area contributed by atoms with Crippen LogP contribution in [-0.2, 0) is 14.9 Å². The van der Waals surface area contributed by atoms with Crippen LogP contribution in [0.1, 0.15) is 43.7 Å². The second-order valence-electron chi connectivity index (χ2n) is 8.32. The first-order chi connectivity index (χ1) is 13.6. The molecule has 1 saturated carbocycles. The van der Waals surface area contributed by atoms with E-state index in [1.54, 1.807) is 0 Å². The van der Waals surface area contributed by atoms with E-state index < -0.39 is 0 Å². The highest BCUT2D eigenvalue weighted by Crippen LogP contribution is 2.37. The van der Waals surface area contributed by atoms with Crippen molar-refractivity contribution in [3.63, 3.8) is 0 Å². The molecule has 0 amide bonds. The average molecular weight is 388 g/mol. The van der Waals surface area contributed by atoms with Gasteiger partial charge in [-0.25, -0.2) is 0 Å². The Balaban J connectivity index is 1.67. The topological polar surface area (TPSA) is 46.1 Å². The number of aryl methyl sites for hydroxylation is 1. The summed E-state index contributed by atoms with van der Waals surface area (Å²) in [5.41, 5.74) is 2.84. The van der Waals surface area contributed by atoms with Crippen LogP contribution < -0.4 is 5.32 Å². The Labute approximate surface area is 170 Å². The van der Waals surface area contributed by atoms with Crippen molar-refractivity contribution in [3.8, 4) is 0 Å². The second kappa shape index (κ2) is 10.3. The van der Waals surface area contributed by atoms with Gasteiger partial charge in [0.1, 0.15) is 0 Å². The van der Waals surface area contributed by atoms with Crippen molar-refractivity contribution in [3.05, 3.63) is 35.4 Å². The first-order valence-electron chi connectivity index (χ1n) is 10.9. The van der Waals surface area contributed by atoms with Gasteiger partial charge in [-0.05, 0) is 56.6 Å². The molecule has 1 aliphatic heterocycles. The molecule has 5 nitrogen and oxygen atoms in total. The minimum absolute atomic E-state index is 0.0631. The van der Waals surface area contributed by atoms with E-state index in [0.717, 1.165) is 70.8 Å². The molecule has 1 aliphatic carbocycles. The van der Waals surface area contributed by atoms with Crippen LogP contribution in [0.25, 0.3) is 0 Å². The van der Waals surface area contributed by atoms with Crippen LogP contribution in [0.5, 0.6) is 0 Å². The molecule has 28 heavy (non-hydrogen) atoms. The fourth-order valence-electron chi connectivity index (χ4n) is 3.98. The van der Waals surface area contributed by atoms with Crippen molar-refractivity contribution in [1.29, 1.82) is 0 Å². The van der Waals surface area contributed by atoms with Gasteiger partial charge >= 0.3 is 0 Å². The molecule has 0 spiro atoms. The van der Waals surface area contributed by atoms with Gasteiger partial charge < -0.3 is 19.7 Å². The van der Waals surface area contributed by atoms with Gasteiger partial charge in [-0.1, -0.05) is 24.3 Å². The van der Waals surface area contributed by atoms with E-state index in [-0.39, 0.29) is 5.41 Å². The first-order valence-corrected chi connectivity index (χ1v) is 10.9. The fourth-order valence-corrected chi connectivity index (χ4v) is 3.98. The molecule has 0 unspecified atom stereocenters. The maximum Gasteiger partial charge on any atom is 0.193 e. The number of benzene rings is 1. The molecule has 0 atom stereocenters. The normalized spacial score (nSPS) is 19.5. The number of likely N-dealkylation sites (N-methyl/N-ethyl adjacent to an activating group) is 1. The van der Waals surface area contributed by atoms with Gasteiger partial charge in [-0.3, -0.25) is 4.99 Å². The number of nitrogens with zero attached hydrogens (tertiary/aromatic N) is 2. The Bertz CT molecular complexity index is 636. The predicted octanol–water partition coefficient (Wildman–Crippen LogP) is 3.37. The van der Waals surface area contributed by atoms with Gasteiger partial charge in [0, 0.05) is 45.4 Å². The molecule has 3 rings (SSSR count). The van der Waals surface area contributed by atoms with E-state index >= 15 is 0 Å². The molecule has 5 heteroatoms. The van der Waals surface area contributed by atoms with Crippen LogP contribution in [0.15, 0.2) is 29.3 Å². The third-order valence-corrected chi connectivity index (χ3v) is 6.02. The Morgan fingerprint density at radius 2 is 2.04 bits per heavy atom. The average Bonchev–Trinajstić information content (AvgIpc) is 3.54. The summed E-state index contributed by atoms with van der Waals surface area (Å²) in [7, 11) is 2.10. The molecule has 1 saturated heterocycles. The monoisotopic (exact) mass is 387 g/mol. The zero-order valence-electron chi connectivity index (χ0n) is 17.9. The van der Waals surface area contributed by atoms with E-state index in [1.807, 2.05) is 0 Å². The Hall–Kier alpha value is -1.59. The minimum Gasteiger partial charge on any atom is -0.381 e. The van der Waals surface area contributed by atoms with Crippen molar-refractivity contribution < 1.29 is 9.47 Å². The number of hydrogen-bond acceptors (Lipinski definition) is 3. The Kier molecular flexibility index (Phi) is 7.74. The van der Waals surface area contributed by atoms with Gasteiger partial charge in [-0.15, -0.1) is 0 Å². The van der Waals surface area contributed by atoms with Gasteiger partial charge in [-0.2, -0.15) is 0 Å². The van der Waals surface area contributed by atoms with E-state index in [2.05, 4.69) is 55.4 Å². The lowest BCUT2D eigenvalue weighted by Gasteiger charge is -2.38. The summed E-state index contributed by atoms with van der Waals surface area (Å²) in [4.78, 5) is 7.27. The zero-order valence-corrected chi connectivity index (χ0v) is 17.9. The molecule has 1 aromatic rings. The Morgan fingerprint density at radius 1 is 1.29 bits per heavy atom. The molecule has 0 radical (unpaired) electrons. The van der Waals surface area contributed by atoms with Crippen LogP contribution in [0.3, 0.4) is 0 Å². The summed E-state index contributed by atoms with van der Waals surface area (Å²) in [5.74, 6) is 1.78. The van der Waals surface area contributed by atoms with Crippen molar-refractivity contribution in [2.24, 2.45) is 10.9 Å². The van der Waals surface area contributed by atoms with Gasteiger partial charge in [0.25, 0.3) is 0 Å². The van der Waals surface area contributed by atoms with E-state index in [1.165, 1.54) is 24.0 Å². The molecule has 1 N–H and O–H groups in total. The standard InChI is InChI=1S/C23H37N3O2/c1-4-24-22(26(3)13-16-28-17-20-9-10-20)25-18-23(11-14-27-15-12-23)21-8-6-5-7-19(21)2/h5-8,20H,4,9-18H2,1-3H3,(H,24,25). The maximum atomic E-state index is 5.81. The van der Waals surface area contributed by atoms with E-state index in [9.17, 15) is 0 Å². The SMILES string of the molecule is CCNC(=NCC1(c2ccccc2C)CCOCC1)N(C)CCOCC1CC1. The summed E-state index contributed by atoms with van der Waals surface area (Å²) >= 11 is 0. The molecule has 1 heterocycles. The lowest BCUT2D eigenvalue weighted by Crippen LogP contribution is -2.43. The molecular formula is C23H37N3O2. The van der Waals surface area contributed by atoms with Crippen LogP contribution in [-0.4, -0.2) is 64.0 Å². The highest BCUT2D eigenvalue weighted by atomic mass is 16.5. The van der Waals surface area contributed by atoms with Crippen molar-refractivity contribution in [2.75, 3.05) is 53.1 Å². The molecule has 2 fully saturated rings. The van der Waals surface area contributed by atoms with Gasteiger partial charge in [0.15, 0.2) is 5.96 Å². The number of aliphatic imine (C=N–C) groups is 1. The smallest absolute Gasteiger partial charge is 0.193 e. The fraction of sp³-hybridized carbons (Fsp3) is 0.696. The summed E-state index contributed by atoms with van der Waals surface area (Å²) in [5, 5.41) is 3.46. The summed E-state index contributed by atoms with van der Waals surface area (Å²) in [6.45, 7) is 10.1. The lowest BCUT2D eigenvalue weighted by molar-refractivity contribution is 0.0528. The van der Waals surface area contributed by atoms with Crippen molar-refractivity contribution in [2.45, 2.75) is 44.9 Å². The maximum absolute atomic E-state index is 5.81. The quantitative estimate of drug-likeness (QED) is 0.401. The first kappa shape index (κ1) is 21.1. The summed E-state index contributed by atoms with van der Waals surface area (Å²) in [6, 6.07) is 8.76. The number of guanidine groups is 1. The highest BCUT2D eigenvalue weighted by molar-refractivity contribution is 5.79. The molecule has 156 valence electrons. The third-order valence-electron chi connectivity index (χ3n) is 6.02. The minimum atomic E-state index is 0.0631. The van der Waals surface area contributed by atoms with Crippen LogP contribution in [0.2, 0.25) is 0 Å². The summed E-state index contributed by atoms with van der Waals surface area (Å²) in [6.07, 6.45) is 4.72. The third kappa shape index (κ3) is 5.71. The molecule has 2 aliphatic rings. The van der Waals surface area contributed by atoms with Crippen LogP contribution >= 0.6 is 0 Å². The lowest BCUT2D eigenvalue weighted by atomic mass is 9.72. The Morgan fingerprint density at radius 3 is 2.71 bits per heavy atom. The largest absolute Gasteiger partial charge is 0.381 e. The molecule has 0 bridgehead atoms. The van der Waals surface area contributed by atoms with Gasteiger partial charge in [0.05, 0.1) is 13.2 Å². The molecule has 1 aromatic carbocycles. The van der Waals surface area contributed by atoms with E-state index in [0.29, 0.717) is 0 Å². The van der Waals surface area contributed by atoms with Crippen LogP contribution in [0, 0.1) is 12.8 Å². The predicted molar refractivity (Wildman–Crippen MR) is 115 cm³/mol. The van der Waals surface area contributed by atoms with E-state index in [4.69, 9.17) is 14.5 Å². The van der Waals surface area contributed by atoms with Crippen LogP contribution in [0.4, 0.5) is 0 Å². The molecular weight excluding hydrogens is 350 g/mol. The van der Waals surface area contributed by atoms with Gasteiger partial charge in [0.2, 0.25) is 0 Å². The van der Waals surface area contributed by atoms with Crippen molar-refractivity contribution >= 4 is 5.96 Å². The highest BCUT2D eigenvalue weighted by Gasteiger charge is 2.35. The number of nitrogens with one attached hydrogen (secondary N) is 1. The number of hydrogen-bond donors (Lipinski definition) is 1. The number of ether oxygens (including phenoxy) is 2. The summed E-state index contributed by atoms with van der Waals surface area (Å²) < 4.78 is 11.5.